The van der Waals surface area contributed by atoms with Crippen molar-refractivity contribution in [1.29, 1.82) is 0 Å². The van der Waals surface area contributed by atoms with E-state index in [-0.39, 0.29) is 0 Å². The number of benzene rings is 1. The van der Waals surface area contributed by atoms with E-state index < -0.39 is 0 Å². The molecule has 0 bridgehead atoms. The van der Waals surface area contributed by atoms with Gasteiger partial charge in [0, 0.05) is 44.3 Å². The predicted octanol–water partition coefficient (Wildman–Crippen LogP) is 2.21. The Morgan fingerprint density at radius 2 is 1.81 bits per heavy atom. The average Bonchev–Trinajstić information content (AvgIpc) is 2.77. The van der Waals surface area contributed by atoms with Crippen LogP contribution in [-0.4, -0.2) is 19.1 Å². The van der Waals surface area contributed by atoms with Crippen LogP contribution in [-0.2, 0) is 6.54 Å². The molecule has 2 rings (SSSR count). The van der Waals surface area contributed by atoms with E-state index in [1.165, 1.54) is 16.8 Å². The molecular weight excluding hydrogens is 198 g/mol. The number of rotatable bonds is 3. The fourth-order valence-corrected chi connectivity index (χ4v) is 1.77. The quantitative estimate of drug-likeness (QED) is 0.824. The van der Waals surface area contributed by atoms with Gasteiger partial charge >= 0.3 is 0 Å². The highest BCUT2D eigenvalue weighted by Gasteiger charge is 2.04. The first-order valence-electron chi connectivity index (χ1n) is 5.36. The molecule has 0 aliphatic rings. The minimum atomic E-state index is 0.564. The van der Waals surface area contributed by atoms with Crippen LogP contribution in [0.4, 0.5) is 5.69 Å². The third-order valence-electron chi connectivity index (χ3n) is 2.75. The number of nitrogens with one attached hydrogen (secondary N) is 1. The second kappa shape index (κ2) is 4.41. The Morgan fingerprint density at radius 1 is 1.12 bits per heavy atom. The summed E-state index contributed by atoms with van der Waals surface area (Å²) in [7, 11) is 4.08. The molecule has 1 heterocycles. The normalized spacial score (nSPS) is 10.4. The summed E-state index contributed by atoms with van der Waals surface area (Å²) in [6.07, 6.45) is 3.95. The van der Waals surface area contributed by atoms with Crippen molar-refractivity contribution in [1.82, 2.24) is 4.98 Å². The second-order valence-corrected chi connectivity index (χ2v) is 4.04. The van der Waals surface area contributed by atoms with Crippen LogP contribution in [0, 0.1) is 0 Å². The largest absolute Gasteiger partial charge is 0.378 e. The second-order valence-electron chi connectivity index (χ2n) is 4.04. The molecule has 2 aromatic rings. The van der Waals surface area contributed by atoms with Gasteiger partial charge in [0.2, 0.25) is 0 Å². The van der Waals surface area contributed by atoms with Crippen LogP contribution in [0.25, 0.3) is 11.1 Å². The van der Waals surface area contributed by atoms with E-state index in [0.29, 0.717) is 6.54 Å². The summed E-state index contributed by atoms with van der Waals surface area (Å²) < 4.78 is 0. The minimum absolute atomic E-state index is 0.564. The summed E-state index contributed by atoms with van der Waals surface area (Å²) >= 11 is 0. The van der Waals surface area contributed by atoms with Crippen LogP contribution < -0.4 is 10.6 Å². The number of H-pyrrole nitrogens is 1. The van der Waals surface area contributed by atoms with Gasteiger partial charge in [-0.2, -0.15) is 0 Å². The van der Waals surface area contributed by atoms with Gasteiger partial charge < -0.3 is 15.6 Å². The Bertz CT molecular complexity index is 454. The van der Waals surface area contributed by atoms with E-state index in [4.69, 9.17) is 5.73 Å². The first-order valence-corrected chi connectivity index (χ1v) is 5.36. The zero-order chi connectivity index (χ0) is 11.5. The third-order valence-corrected chi connectivity index (χ3v) is 2.75. The molecule has 3 N–H and O–H groups in total. The van der Waals surface area contributed by atoms with Crippen molar-refractivity contribution in [2.24, 2.45) is 5.73 Å². The maximum Gasteiger partial charge on any atom is 0.0361 e. The smallest absolute Gasteiger partial charge is 0.0361 e. The van der Waals surface area contributed by atoms with Crippen molar-refractivity contribution in [3.8, 4) is 11.1 Å². The number of hydrogen-bond donors (Lipinski definition) is 2. The Hall–Kier alpha value is -1.74. The summed E-state index contributed by atoms with van der Waals surface area (Å²) in [4.78, 5) is 5.18. The van der Waals surface area contributed by atoms with Gasteiger partial charge in [-0.25, -0.2) is 0 Å². The van der Waals surface area contributed by atoms with Crippen molar-refractivity contribution >= 4 is 5.69 Å². The summed E-state index contributed by atoms with van der Waals surface area (Å²) in [6.45, 7) is 0.564. The molecule has 0 aliphatic heterocycles. The van der Waals surface area contributed by atoms with Crippen molar-refractivity contribution < 1.29 is 0 Å². The third kappa shape index (κ3) is 1.95. The maximum atomic E-state index is 5.68. The van der Waals surface area contributed by atoms with Crippen molar-refractivity contribution in [2.45, 2.75) is 6.54 Å². The summed E-state index contributed by atoms with van der Waals surface area (Å²) in [5, 5.41) is 0. The Kier molecular flexibility index (Phi) is 2.97. The fourth-order valence-electron chi connectivity index (χ4n) is 1.77. The molecule has 0 spiro atoms. The molecule has 3 nitrogen and oxygen atoms in total. The van der Waals surface area contributed by atoms with Crippen LogP contribution in [0.3, 0.4) is 0 Å². The fraction of sp³-hybridized carbons (Fsp3) is 0.231. The molecule has 0 unspecified atom stereocenters. The van der Waals surface area contributed by atoms with Crippen LogP contribution >= 0.6 is 0 Å². The molecule has 84 valence electrons. The number of nitrogens with zero attached hydrogens (tertiary/aromatic N) is 1. The molecule has 0 amide bonds. The maximum absolute atomic E-state index is 5.68. The summed E-state index contributed by atoms with van der Waals surface area (Å²) in [6, 6.07) is 8.47. The van der Waals surface area contributed by atoms with Crippen molar-refractivity contribution in [3.05, 3.63) is 42.2 Å². The molecule has 0 fully saturated rings. The van der Waals surface area contributed by atoms with Gasteiger partial charge in [-0.15, -0.1) is 0 Å². The molecule has 16 heavy (non-hydrogen) atoms. The van der Waals surface area contributed by atoms with Crippen LogP contribution in [0.1, 0.15) is 5.56 Å². The van der Waals surface area contributed by atoms with Gasteiger partial charge in [0.05, 0.1) is 0 Å². The van der Waals surface area contributed by atoms with Crippen molar-refractivity contribution in [3.63, 3.8) is 0 Å². The molecule has 1 aromatic heterocycles. The number of anilines is 1. The van der Waals surface area contributed by atoms with Gasteiger partial charge in [0.25, 0.3) is 0 Å². The first kappa shape index (κ1) is 10.8. The highest BCUT2D eigenvalue weighted by atomic mass is 15.1. The van der Waals surface area contributed by atoms with E-state index in [1.807, 2.05) is 26.5 Å². The van der Waals surface area contributed by atoms with Gasteiger partial charge in [0.1, 0.15) is 0 Å². The highest BCUT2D eigenvalue weighted by Crippen LogP contribution is 2.25. The van der Waals surface area contributed by atoms with E-state index >= 15 is 0 Å². The zero-order valence-electron chi connectivity index (χ0n) is 9.70. The minimum Gasteiger partial charge on any atom is -0.378 e. The van der Waals surface area contributed by atoms with Gasteiger partial charge in [-0.3, -0.25) is 0 Å². The monoisotopic (exact) mass is 215 g/mol. The highest BCUT2D eigenvalue weighted by molar-refractivity contribution is 5.68. The molecule has 1 aromatic carbocycles. The van der Waals surface area contributed by atoms with Crippen LogP contribution in [0.15, 0.2) is 36.7 Å². The Morgan fingerprint density at radius 3 is 2.38 bits per heavy atom. The van der Waals surface area contributed by atoms with Crippen LogP contribution in [0.2, 0.25) is 0 Å². The topological polar surface area (TPSA) is 45.0 Å². The van der Waals surface area contributed by atoms with E-state index in [0.717, 1.165) is 5.56 Å². The molecule has 0 saturated carbocycles. The van der Waals surface area contributed by atoms with E-state index in [9.17, 15) is 0 Å². The lowest BCUT2D eigenvalue weighted by Gasteiger charge is -2.12. The lowest BCUT2D eigenvalue weighted by atomic mass is 10.0. The molecule has 0 radical (unpaired) electrons. The lowest BCUT2D eigenvalue weighted by molar-refractivity contribution is 1.08. The number of aromatic amines is 1. The van der Waals surface area contributed by atoms with E-state index in [1.54, 1.807) is 0 Å². The molecular formula is C13H17N3. The predicted molar refractivity (Wildman–Crippen MR) is 68.4 cm³/mol. The molecule has 0 atom stereocenters. The molecule has 0 aliphatic carbocycles. The van der Waals surface area contributed by atoms with Gasteiger partial charge in [-0.05, 0) is 23.3 Å². The molecule has 3 heteroatoms. The number of aromatic nitrogens is 1. The number of hydrogen-bond acceptors (Lipinski definition) is 2. The summed E-state index contributed by atoms with van der Waals surface area (Å²) in [5.41, 5.74) is 10.4. The Balaban J connectivity index is 2.35. The first-order chi connectivity index (χ1) is 7.72. The summed E-state index contributed by atoms with van der Waals surface area (Å²) in [5.74, 6) is 0. The van der Waals surface area contributed by atoms with Crippen LogP contribution in [0.5, 0.6) is 0 Å². The van der Waals surface area contributed by atoms with Crippen molar-refractivity contribution in [2.75, 3.05) is 19.0 Å². The standard InChI is InChI=1S/C13H17N3/c1-16(2)12-5-3-10(4-6-12)13-9-15-8-11(13)7-14/h3-6,8-9,15H,7,14H2,1-2H3. The lowest BCUT2D eigenvalue weighted by Crippen LogP contribution is -2.07. The number of nitrogens with two attached hydrogens (primary N) is 1. The van der Waals surface area contributed by atoms with Gasteiger partial charge in [0.15, 0.2) is 0 Å². The average molecular weight is 215 g/mol. The molecule has 0 saturated heterocycles. The van der Waals surface area contributed by atoms with E-state index in [2.05, 4.69) is 34.1 Å². The van der Waals surface area contributed by atoms with Gasteiger partial charge in [-0.1, -0.05) is 12.1 Å². The Labute approximate surface area is 95.9 Å². The zero-order valence-corrected chi connectivity index (χ0v) is 9.70. The SMILES string of the molecule is CN(C)c1ccc(-c2c[nH]cc2CN)cc1.